The first-order chi connectivity index (χ1) is 46.7. The van der Waals surface area contributed by atoms with Crippen LogP contribution in [-0.4, -0.2) is 155 Å². The lowest BCUT2D eigenvalue weighted by molar-refractivity contribution is -0.130. The van der Waals surface area contributed by atoms with Crippen LogP contribution >= 0.6 is 0 Å². The van der Waals surface area contributed by atoms with Crippen LogP contribution in [0.2, 0.25) is 0 Å². The smallest absolute Gasteiger partial charge is 0.338 e. The van der Waals surface area contributed by atoms with Gasteiger partial charge < -0.3 is 34.5 Å². The normalized spacial score (nSPS) is 18.7. The maximum absolute atomic E-state index is 13.1. The number of piperidine rings is 1. The Bertz CT molecular complexity index is 4670. The van der Waals surface area contributed by atoms with Crippen LogP contribution in [0.1, 0.15) is 113 Å². The Hall–Kier alpha value is -10.4. The van der Waals surface area contributed by atoms with Crippen molar-refractivity contribution >= 4 is 57.2 Å². The van der Waals surface area contributed by atoms with Gasteiger partial charge in [-0.2, -0.15) is 10.2 Å². The molecule has 23 heteroatoms. The third-order valence-electron chi connectivity index (χ3n) is 20.9. The topological polar surface area (TPSA) is 270 Å². The number of anilines is 2. The van der Waals surface area contributed by atoms with Crippen molar-refractivity contribution in [2.75, 3.05) is 55.7 Å². The second-order valence-electron chi connectivity index (χ2n) is 27.1. The van der Waals surface area contributed by atoms with Crippen molar-refractivity contribution in [1.29, 1.82) is 0 Å². The van der Waals surface area contributed by atoms with E-state index in [1.54, 1.807) is 13.8 Å². The zero-order valence-corrected chi connectivity index (χ0v) is 53.6. The highest BCUT2D eigenvalue weighted by atomic mass is 16.5. The van der Waals surface area contributed by atoms with Crippen molar-refractivity contribution in [2.45, 2.75) is 110 Å². The second-order valence-corrected chi connectivity index (χ2v) is 27.1. The van der Waals surface area contributed by atoms with E-state index < -0.39 is 11.9 Å². The molecule has 2 aromatic carbocycles. The minimum absolute atomic E-state index is 0.0294. The number of nitrogens with zero attached hydrogens (tertiary/aromatic N) is 16. The molecule has 2 N–H and O–H groups in total. The molecule has 23 nitrogen and oxygen atoms in total. The molecule has 5 aliphatic heterocycles. The number of carboxylic acid groups (broad SMARTS) is 2. The Labute approximate surface area is 553 Å². The fourth-order valence-electron chi connectivity index (χ4n) is 15.8. The second kappa shape index (κ2) is 24.7. The summed E-state index contributed by atoms with van der Waals surface area (Å²) in [5.41, 5.74) is 14.1. The number of pyridine rings is 4. The molecule has 96 heavy (non-hydrogen) atoms. The first-order valence-electron chi connectivity index (χ1n) is 33.3. The molecule has 0 bridgehead atoms. The molecule has 8 aromatic heterocycles. The highest BCUT2D eigenvalue weighted by Crippen LogP contribution is 2.53. The standard InChI is InChI=1S/C73H72N16O7/c1-43(90)85-20-15-65-61(39-85)67(57-7-3-5-47-25-63(76-36-59(47)57)49-9-11-53(74-30-49)23-45-13-18-84(19-14-45)71-78-32-51(33-79-71)69(92)93)82-88(65)38-56-27-55(17-22-96-56)89-66-16-21-86(44(2)91)40-62(66)68(83-89)58-8-4-6-48-26-64(77-37-60(48)58)50-10-12-54(75-31-50)24-46-28-73(29-46)41-87(42-73)72-80-34-52(35-81-72)70(94)95/h3-12,25-26,30-37,45-46,55-56H,13-24,27-29,38-42H2,1-2H3,(H,92,93)(H,94,95). The predicted octanol–water partition coefficient (Wildman–Crippen LogP) is 9.76. The number of fused-ring (bicyclic) bond motifs is 4. The van der Waals surface area contributed by atoms with Gasteiger partial charge in [0.05, 0.1) is 52.6 Å². The van der Waals surface area contributed by atoms with Crippen molar-refractivity contribution in [3.05, 3.63) is 167 Å². The number of ether oxygens (including phenoxy) is 1. The number of benzene rings is 2. The first kappa shape index (κ1) is 60.5. The van der Waals surface area contributed by atoms with Crippen molar-refractivity contribution in [3.8, 4) is 45.0 Å². The number of carbonyl (C=O) groups is 4. The molecule has 2 amide bonds. The molecule has 1 spiro atoms. The Morgan fingerprint density at radius 3 is 1.64 bits per heavy atom. The van der Waals surface area contributed by atoms with Gasteiger partial charge >= 0.3 is 11.9 Å². The molecule has 3 saturated heterocycles. The van der Waals surface area contributed by atoms with Crippen LogP contribution in [0.3, 0.4) is 0 Å². The Balaban J connectivity index is 0.606. The molecule has 16 rings (SSSR count). The summed E-state index contributed by atoms with van der Waals surface area (Å²) in [5.74, 6) is 0.146. The molecule has 0 radical (unpaired) electrons. The lowest BCUT2D eigenvalue weighted by atomic mass is 9.57. The fraction of sp³-hybridized carbons (Fsp3) is 0.370. The van der Waals surface area contributed by atoms with Crippen LogP contribution in [0.4, 0.5) is 11.9 Å². The maximum atomic E-state index is 13.1. The van der Waals surface area contributed by atoms with Gasteiger partial charge in [0.2, 0.25) is 23.7 Å². The molecule has 6 aliphatic rings. The molecule has 13 heterocycles. The summed E-state index contributed by atoms with van der Waals surface area (Å²) in [7, 11) is 0. The molecular weight excluding hydrogens is 1210 g/mol. The van der Waals surface area contributed by atoms with E-state index in [0.29, 0.717) is 82.3 Å². The van der Waals surface area contributed by atoms with E-state index in [2.05, 4.69) is 112 Å². The first-order valence-corrected chi connectivity index (χ1v) is 33.3. The van der Waals surface area contributed by atoms with Crippen LogP contribution in [0.25, 0.3) is 66.6 Å². The van der Waals surface area contributed by atoms with Gasteiger partial charge in [-0.1, -0.05) is 36.4 Å². The van der Waals surface area contributed by atoms with Crippen LogP contribution in [0, 0.1) is 17.3 Å². The van der Waals surface area contributed by atoms with Crippen molar-refractivity contribution in [2.24, 2.45) is 17.3 Å². The third-order valence-corrected chi connectivity index (χ3v) is 20.9. The van der Waals surface area contributed by atoms with Gasteiger partial charge in [-0.3, -0.25) is 38.9 Å². The number of carbonyl (C=O) groups excluding carboxylic acids is 2. The Morgan fingerprint density at radius 1 is 0.562 bits per heavy atom. The highest BCUT2D eigenvalue weighted by molar-refractivity contribution is 5.99. The predicted molar refractivity (Wildman–Crippen MR) is 358 cm³/mol. The van der Waals surface area contributed by atoms with Gasteiger partial charge in [-0.25, -0.2) is 29.5 Å². The van der Waals surface area contributed by atoms with Crippen LogP contribution in [0.15, 0.2) is 122 Å². The summed E-state index contributed by atoms with van der Waals surface area (Å²) in [6.45, 7) is 9.85. The third kappa shape index (κ3) is 11.6. The summed E-state index contributed by atoms with van der Waals surface area (Å²) in [6, 6.07) is 25.3. The van der Waals surface area contributed by atoms with E-state index in [1.165, 1.54) is 24.8 Å². The molecule has 4 fully saturated rings. The number of aromatic carboxylic acids is 2. The van der Waals surface area contributed by atoms with Gasteiger partial charge in [0.1, 0.15) is 0 Å². The van der Waals surface area contributed by atoms with Gasteiger partial charge in [-0.15, -0.1) is 0 Å². The van der Waals surface area contributed by atoms with Crippen molar-refractivity contribution in [1.82, 2.24) is 69.2 Å². The maximum Gasteiger partial charge on any atom is 0.338 e. The van der Waals surface area contributed by atoms with Crippen LogP contribution in [-0.2, 0) is 59.6 Å². The summed E-state index contributed by atoms with van der Waals surface area (Å²) >= 11 is 0. The van der Waals surface area contributed by atoms with Gasteiger partial charge in [0.15, 0.2) is 0 Å². The molecule has 1 aliphatic carbocycles. The summed E-state index contributed by atoms with van der Waals surface area (Å²) < 4.78 is 11.1. The zero-order chi connectivity index (χ0) is 65.3. The minimum Gasteiger partial charge on any atom is -0.478 e. The quantitative estimate of drug-likeness (QED) is 0.0966. The summed E-state index contributed by atoms with van der Waals surface area (Å²) in [6.07, 6.45) is 21.8. The van der Waals surface area contributed by atoms with E-state index in [9.17, 15) is 29.4 Å². The molecule has 2 unspecified atom stereocenters. The average molecular weight is 1290 g/mol. The number of amides is 2. The number of hydrogen-bond acceptors (Lipinski definition) is 17. The number of hydrogen-bond donors (Lipinski definition) is 2. The zero-order valence-electron chi connectivity index (χ0n) is 53.6. The summed E-state index contributed by atoms with van der Waals surface area (Å²) in [4.78, 5) is 93.7. The molecule has 10 aromatic rings. The Morgan fingerprint density at radius 2 is 1.09 bits per heavy atom. The SMILES string of the molecule is CC(=O)N1CCc2c(c(-c3cccc4cc(-c5ccc(CC6CCN(c7ncc(C(=O)O)cn7)CC6)nc5)ncc34)nn2CC2CC(n3nc(-c4cccc5cc(-c6ccc(CC7CC8(C7)CN(c7ncc(C(=O)O)cn7)C8)nc6)ncc45)c4c3CCN(C(C)=O)C4)CCO2)C1. The van der Waals surface area contributed by atoms with E-state index in [-0.39, 0.29) is 40.5 Å². The lowest BCUT2D eigenvalue weighted by Gasteiger charge is -2.59. The molecular formula is C73H72N16O7. The number of carboxylic acids is 2. The molecule has 486 valence electrons. The largest absolute Gasteiger partial charge is 0.478 e. The molecule has 2 atom stereocenters. The van der Waals surface area contributed by atoms with Crippen LogP contribution < -0.4 is 9.80 Å². The summed E-state index contributed by atoms with van der Waals surface area (Å²) in [5, 5.41) is 33.5. The van der Waals surface area contributed by atoms with E-state index in [1.807, 2.05) is 34.6 Å². The Kier molecular flexibility index (Phi) is 15.6. The van der Waals surface area contributed by atoms with Crippen molar-refractivity contribution < 1.29 is 34.1 Å². The number of rotatable bonds is 15. The van der Waals surface area contributed by atoms with Gasteiger partial charge in [-0.05, 0) is 110 Å². The van der Waals surface area contributed by atoms with E-state index in [4.69, 9.17) is 34.9 Å². The van der Waals surface area contributed by atoms with Crippen molar-refractivity contribution in [3.63, 3.8) is 0 Å². The highest BCUT2D eigenvalue weighted by Gasteiger charge is 2.53. The van der Waals surface area contributed by atoms with E-state index in [0.717, 1.165) is 172 Å². The monoisotopic (exact) mass is 1280 g/mol. The van der Waals surface area contributed by atoms with Gasteiger partial charge in [0, 0.05) is 208 Å². The average Bonchev–Trinajstić information content (AvgIpc) is 0.760. The number of aromatic nitrogens is 12. The van der Waals surface area contributed by atoms with Gasteiger partial charge in [0.25, 0.3) is 0 Å². The lowest BCUT2D eigenvalue weighted by Crippen LogP contribution is -2.63. The minimum atomic E-state index is -1.04. The van der Waals surface area contributed by atoms with Crippen LogP contribution in [0.5, 0.6) is 0 Å². The molecule has 1 saturated carbocycles. The fourth-order valence-corrected chi connectivity index (χ4v) is 15.8. The van der Waals surface area contributed by atoms with E-state index >= 15 is 0 Å².